The van der Waals surface area contributed by atoms with Gasteiger partial charge in [-0.1, -0.05) is 0 Å². The highest BCUT2D eigenvalue weighted by Crippen LogP contribution is 2.17. The maximum Gasteiger partial charge on any atom is 0.208 e. The van der Waals surface area contributed by atoms with E-state index in [2.05, 4.69) is 10.3 Å². The summed E-state index contributed by atoms with van der Waals surface area (Å²) in [6.45, 7) is 2.69. The van der Waals surface area contributed by atoms with Crippen molar-refractivity contribution in [1.29, 1.82) is 0 Å². The number of nitrogens with zero attached hydrogens (tertiary/aromatic N) is 1. The Bertz CT molecular complexity index is 281. The summed E-state index contributed by atoms with van der Waals surface area (Å²) in [5, 5.41) is 3.48. The van der Waals surface area contributed by atoms with Crippen LogP contribution in [0.1, 0.15) is 24.5 Å². The maximum atomic E-state index is 5.40. The van der Waals surface area contributed by atoms with Gasteiger partial charge in [0.15, 0.2) is 0 Å². The molecule has 3 nitrogen and oxygen atoms in total. The van der Waals surface area contributed by atoms with Crippen molar-refractivity contribution in [2.24, 2.45) is 0 Å². The molecular weight excluding hydrogens is 196 g/mol. The second-order valence-electron chi connectivity index (χ2n) is 3.63. The van der Waals surface area contributed by atoms with Crippen molar-refractivity contribution in [3.63, 3.8) is 0 Å². The molecule has 0 saturated carbocycles. The van der Waals surface area contributed by atoms with Crippen LogP contribution in [0.2, 0.25) is 0 Å². The summed E-state index contributed by atoms with van der Waals surface area (Å²) >= 11 is 2.05. The van der Waals surface area contributed by atoms with E-state index in [-0.39, 0.29) is 0 Å². The van der Waals surface area contributed by atoms with E-state index < -0.39 is 0 Å². The lowest BCUT2D eigenvalue weighted by Gasteiger charge is -2.21. The molecule has 1 aliphatic heterocycles. The Morgan fingerprint density at radius 1 is 1.57 bits per heavy atom. The highest BCUT2D eigenvalue weighted by molar-refractivity contribution is 7.99. The van der Waals surface area contributed by atoms with E-state index in [0.717, 1.165) is 18.2 Å². The topological polar surface area (TPSA) is 38.1 Å². The molecule has 14 heavy (non-hydrogen) atoms. The molecule has 2 rings (SSSR count). The van der Waals surface area contributed by atoms with E-state index >= 15 is 0 Å². The maximum absolute atomic E-state index is 5.40. The van der Waals surface area contributed by atoms with Crippen molar-refractivity contribution >= 4 is 11.8 Å². The smallest absolute Gasteiger partial charge is 0.208 e. The second-order valence-corrected chi connectivity index (χ2v) is 4.86. The number of rotatable bonds is 3. The van der Waals surface area contributed by atoms with E-state index in [1.807, 2.05) is 18.7 Å². The molecule has 1 aliphatic rings. The molecule has 1 aromatic heterocycles. The zero-order chi connectivity index (χ0) is 9.80. The van der Waals surface area contributed by atoms with Gasteiger partial charge in [-0.3, -0.25) is 0 Å². The predicted octanol–water partition coefficient (Wildman–Crippen LogP) is 1.97. The molecule has 0 unspecified atom stereocenters. The van der Waals surface area contributed by atoms with Gasteiger partial charge in [0.05, 0.1) is 12.7 Å². The highest BCUT2D eigenvalue weighted by atomic mass is 32.2. The minimum absolute atomic E-state index is 0.656. The molecule has 0 radical (unpaired) electrons. The molecular formula is C10H16N2OS. The number of aryl methyl sites for hydroxylation is 1. The van der Waals surface area contributed by atoms with Gasteiger partial charge in [0.1, 0.15) is 5.76 Å². The van der Waals surface area contributed by atoms with Crippen molar-refractivity contribution in [2.45, 2.75) is 32.4 Å². The van der Waals surface area contributed by atoms with Crippen LogP contribution in [0, 0.1) is 6.92 Å². The third-order valence-electron chi connectivity index (χ3n) is 2.43. The Kier molecular flexibility index (Phi) is 3.48. The highest BCUT2D eigenvalue weighted by Gasteiger charge is 2.13. The zero-order valence-electron chi connectivity index (χ0n) is 8.45. The molecule has 1 aromatic rings. The van der Waals surface area contributed by atoms with Gasteiger partial charge in [-0.2, -0.15) is 11.8 Å². The lowest BCUT2D eigenvalue weighted by Crippen LogP contribution is -2.32. The van der Waals surface area contributed by atoms with Crippen LogP contribution in [0.5, 0.6) is 0 Å². The predicted molar refractivity (Wildman–Crippen MR) is 58.4 cm³/mol. The average Bonchev–Trinajstić information content (AvgIpc) is 2.63. The fourth-order valence-electron chi connectivity index (χ4n) is 1.62. The lowest BCUT2D eigenvalue weighted by atomic mass is 10.1. The van der Waals surface area contributed by atoms with Gasteiger partial charge >= 0.3 is 0 Å². The van der Waals surface area contributed by atoms with E-state index in [1.54, 1.807) is 6.20 Å². The quantitative estimate of drug-likeness (QED) is 0.831. The molecule has 1 N–H and O–H groups in total. The Hall–Kier alpha value is -0.480. The van der Waals surface area contributed by atoms with Crippen LogP contribution >= 0.6 is 11.8 Å². The first-order valence-electron chi connectivity index (χ1n) is 5.07. The average molecular weight is 212 g/mol. The van der Waals surface area contributed by atoms with Crippen LogP contribution in [-0.2, 0) is 6.54 Å². The second kappa shape index (κ2) is 4.84. The summed E-state index contributed by atoms with van der Waals surface area (Å²) in [4.78, 5) is 4.17. The Balaban J connectivity index is 1.76. The largest absolute Gasteiger partial charge is 0.445 e. The molecule has 4 heteroatoms. The van der Waals surface area contributed by atoms with Gasteiger partial charge in [0.25, 0.3) is 0 Å². The standard InChI is InChI=1S/C10H16N2OS/c1-8-6-12-10(13-8)7-11-9-2-4-14-5-3-9/h6,9,11H,2-5,7H2,1H3. The molecule has 0 aliphatic carbocycles. The number of nitrogens with one attached hydrogen (secondary N) is 1. The van der Waals surface area contributed by atoms with Crippen LogP contribution in [0.15, 0.2) is 10.6 Å². The van der Waals surface area contributed by atoms with Crippen molar-refractivity contribution in [3.8, 4) is 0 Å². The van der Waals surface area contributed by atoms with Crippen molar-refractivity contribution in [3.05, 3.63) is 17.8 Å². The summed E-state index contributed by atoms with van der Waals surface area (Å²) in [6, 6.07) is 0.656. The molecule has 2 heterocycles. The first kappa shape index (κ1) is 10.1. The van der Waals surface area contributed by atoms with Crippen molar-refractivity contribution in [1.82, 2.24) is 10.3 Å². The molecule has 0 amide bonds. The third kappa shape index (κ3) is 2.75. The fraction of sp³-hybridized carbons (Fsp3) is 0.700. The SMILES string of the molecule is Cc1cnc(CNC2CCSCC2)o1. The minimum atomic E-state index is 0.656. The van der Waals surface area contributed by atoms with E-state index in [4.69, 9.17) is 4.42 Å². The van der Waals surface area contributed by atoms with Crippen LogP contribution < -0.4 is 5.32 Å². The first-order valence-corrected chi connectivity index (χ1v) is 6.22. The van der Waals surface area contributed by atoms with E-state index in [0.29, 0.717) is 6.04 Å². The number of hydrogen-bond acceptors (Lipinski definition) is 4. The minimum Gasteiger partial charge on any atom is -0.445 e. The number of thioether (sulfide) groups is 1. The lowest BCUT2D eigenvalue weighted by molar-refractivity contribution is 0.409. The van der Waals surface area contributed by atoms with Gasteiger partial charge in [0.2, 0.25) is 5.89 Å². The van der Waals surface area contributed by atoms with E-state index in [9.17, 15) is 0 Å². The molecule has 78 valence electrons. The molecule has 0 spiro atoms. The van der Waals surface area contributed by atoms with Crippen LogP contribution in [0.4, 0.5) is 0 Å². The van der Waals surface area contributed by atoms with Crippen molar-refractivity contribution in [2.75, 3.05) is 11.5 Å². The van der Waals surface area contributed by atoms with Gasteiger partial charge in [-0.05, 0) is 31.3 Å². The van der Waals surface area contributed by atoms with Crippen LogP contribution in [-0.4, -0.2) is 22.5 Å². The van der Waals surface area contributed by atoms with Crippen LogP contribution in [0.3, 0.4) is 0 Å². The van der Waals surface area contributed by atoms with Crippen LogP contribution in [0.25, 0.3) is 0 Å². The molecule has 0 bridgehead atoms. The Morgan fingerprint density at radius 2 is 2.36 bits per heavy atom. The van der Waals surface area contributed by atoms with Crippen molar-refractivity contribution < 1.29 is 4.42 Å². The summed E-state index contributed by atoms with van der Waals surface area (Å²) in [6.07, 6.45) is 4.31. The molecule has 1 saturated heterocycles. The summed E-state index contributed by atoms with van der Waals surface area (Å²) in [7, 11) is 0. The van der Waals surface area contributed by atoms with Gasteiger partial charge in [-0.15, -0.1) is 0 Å². The summed E-state index contributed by atoms with van der Waals surface area (Å²) in [5.41, 5.74) is 0. The monoisotopic (exact) mass is 212 g/mol. The zero-order valence-corrected chi connectivity index (χ0v) is 9.27. The summed E-state index contributed by atoms with van der Waals surface area (Å²) < 4.78 is 5.40. The summed E-state index contributed by atoms with van der Waals surface area (Å²) in [5.74, 6) is 4.26. The fourth-order valence-corrected chi connectivity index (χ4v) is 2.72. The van der Waals surface area contributed by atoms with Gasteiger partial charge in [-0.25, -0.2) is 4.98 Å². The number of oxazole rings is 1. The van der Waals surface area contributed by atoms with Gasteiger partial charge < -0.3 is 9.73 Å². The van der Waals surface area contributed by atoms with E-state index in [1.165, 1.54) is 24.3 Å². The third-order valence-corrected chi connectivity index (χ3v) is 3.48. The molecule has 0 atom stereocenters. The normalized spacial score (nSPS) is 18.6. The number of hydrogen-bond donors (Lipinski definition) is 1. The number of aromatic nitrogens is 1. The first-order chi connectivity index (χ1) is 6.84. The molecule has 1 fully saturated rings. The Morgan fingerprint density at radius 3 is 3.00 bits per heavy atom. The Labute approximate surface area is 88.7 Å². The van der Waals surface area contributed by atoms with Gasteiger partial charge in [0, 0.05) is 6.04 Å². The molecule has 0 aromatic carbocycles.